The zero-order valence-electron chi connectivity index (χ0n) is 9.50. The first-order chi connectivity index (χ1) is 9.34. The molecule has 0 atom stereocenters. The molecule has 0 saturated heterocycles. The van der Waals surface area contributed by atoms with Crippen LogP contribution in [0.4, 0.5) is 18.9 Å². The first-order valence-corrected chi connectivity index (χ1v) is 5.00. The molecule has 0 aliphatic rings. The summed E-state index contributed by atoms with van der Waals surface area (Å²) < 4.78 is 38.7. The van der Waals surface area contributed by atoms with Crippen molar-refractivity contribution in [1.82, 2.24) is 14.5 Å². The second-order valence-corrected chi connectivity index (χ2v) is 3.55. The summed E-state index contributed by atoms with van der Waals surface area (Å²) in [6, 6.07) is 2.13. The molecule has 0 amide bonds. The summed E-state index contributed by atoms with van der Waals surface area (Å²) in [7, 11) is 0. The van der Waals surface area contributed by atoms with Gasteiger partial charge in [-0.3, -0.25) is 14.7 Å². The summed E-state index contributed by atoms with van der Waals surface area (Å²) in [4.78, 5) is 16.6. The molecule has 7 nitrogen and oxygen atoms in total. The quantitative estimate of drug-likeness (QED) is 0.620. The molecule has 2 rings (SSSR count). The maximum atomic E-state index is 12.6. The van der Waals surface area contributed by atoms with Gasteiger partial charge in [-0.2, -0.15) is 18.4 Å². The molecule has 2 heterocycles. The van der Waals surface area contributed by atoms with Gasteiger partial charge in [0.05, 0.1) is 4.92 Å². The lowest BCUT2D eigenvalue weighted by Gasteiger charge is -2.09. The molecule has 2 aromatic rings. The van der Waals surface area contributed by atoms with Crippen LogP contribution in [0.15, 0.2) is 24.7 Å². The highest BCUT2D eigenvalue weighted by molar-refractivity contribution is 5.53. The molecule has 0 radical (unpaired) electrons. The van der Waals surface area contributed by atoms with E-state index in [1.807, 2.05) is 0 Å². The largest absolute Gasteiger partial charge is 0.433 e. The van der Waals surface area contributed by atoms with Crippen molar-refractivity contribution in [2.24, 2.45) is 0 Å². The van der Waals surface area contributed by atoms with Crippen molar-refractivity contribution in [2.45, 2.75) is 6.18 Å². The van der Waals surface area contributed by atoms with Gasteiger partial charge in [-0.1, -0.05) is 0 Å². The highest BCUT2D eigenvalue weighted by Crippen LogP contribution is 2.32. The van der Waals surface area contributed by atoms with Crippen LogP contribution in [0.3, 0.4) is 0 Å². The Morgan fingerprint density at radius 2 is 2.10 bits per heavy atom. The van der Waals surface area contributed by atoms with Crippen molar-refractivity contribution in [1.29, 1.82) is 5.26 Å². The van der Waals surface area contributed by atoms with Crippen LogP contribution >= 0.6 is 0 Å². The Hall–Kier alpha value is -2.96. The smallest absolute Gasteiger partial charge is 0.285 e. The van der Waals surface area contributed by atoms with Crippen molar-refractivity contribution < 1.29 is 18.1 Å². The lowest BCUT2D eigenvalue weighted by atomic mass is 10.2. The third-order valence-electron chi connectivity index (χ3n) is 2.35. The SMILES string of the molecule is N#Cc1nccn1-c1cc(C(F)(F)F)ncc1[N+](=O)[O-]. The van der Waals surface area contributed by atoms with E-state index in [9.17, 15) is 23.3 Å². The van der Waals surface area contributed by atoms with E-state index in [4.69, 9.17) is 5.26 Å². The molecule has 102 valence electrons. The van der Waals surface area contributed by atoms with Crippen molar-refractivity contribution in [3.05, 3.63) is 46.3 Å². The van der Waals surface area contributed by atoms with Gasteiger partial charge < -0.3 is 0 Å². The van der Waals surface area contributed by atoms with Gasteiger partial charge in [0.2, 0.25) is 5.82 Å². The summed E-state index contributed by atoms with van der Waals surface area (Å²) in [5.41, 5.74) is -2.38. The minimum absolute atomic E-state index is 0.271. The monoisotopic (exact) mass is 283 g/mol. The van der Waals surface area contributed by atoms with Crippen LogP contribution in [0, 0.1) is 21.4 Å². The normalized spacial score (nSPS) is 11.1. The fourth-order valence-electron chi connectivity index (χ4n) is 1.51. The predicted molar refractivity (Wildman–Crippen MR) is 57.7 cm³/mol. The van der Waals surface area contributed by atoms with E-state index in [1.54, 1.807) is 6.07 Å². The number of imidazole rings is 1. The van der Waals surface area contributed by atoms with Gasteiger partial charge >= 0.3 is 11.9 Å². The van der Waals surface area contributed by atoms with Crippen molar-refractivity contribution >= 4 is 5.69 Å². The van der Waals surface area contributed by atoms with Gasteiger partial charge in [0.15, 0.2) is 0 Å². The molecule has 20 heavy (non-hydrogen) atoms. The van der Waals surface area contributed by atoms with Gasteiger partial charge in [-0.25, -0.2) is 9.97 Å². The lowest BCUT2D eigenvalue weighted by molar-refractivity contribution is -0.385. The molecule has 0 saturated carbocycles. The second-order valence-electron chi connectivity index (χ2n) is 3.55. The third-order valence-corrected chi connectivity index (χ3v) is 2.35. The van der Waals surface area contributed by atoms with Crippen LogP contribution in [0.2, 0.25) is 0 Å². The Balaban J connectivity index is 2.72. The van der Waals surface area contributed by atoms with Gasteiger partial charge in [0.25, 0.3) is 0 Å². The summed E-state index contributed by atoms with van der Waals surface area (Å²) in [5, 5.41) is 19.6. The Labute approximate surface area is 109 Å². The average Bonchev–Trinajstić information content (AvgIpc) is 2.84. The number of hydrogen-bond acceptors (Lipinski definition) is 5. The topological polar surface area (TPSA) is 97.6 Å². The van der Waals surface area contributed by atoms with E-state index >= 15 is 0 Å². The van der Waals surface area contributed by atoms with Crippen LogP contribution in [0.1, 0.15) is 11.5 Å². The van der Waals surface area contributed by atoms with E-state index in [2.05, 4.69) is 9.97 Å². The molecule has 0 fully saturated rings. The molecule has 0 aromatic carbocycles. The van der Waals surface area contributed by atoms with Gasteiger partial charge in [-0.15, -0.1) is 0 Å². The molecular formula is C10H4F3N5O2. The van der Waals surface area contributed by atoms with E-state index in [1.165, 1.54) is 0 Å². The number of halogens is 3. The van der Waals surface area contributed by atoms with Crippen molar-refractivity contribution in [3.63, 3.8) is 0 Å². The molecule has 0 bridgehead atoms. The predicted octanol–water partition coefficient (Wildman–Crippen LogP) is 2.07. The van der Waals surface area contributed by atoms with E-state index < -0.39 is 28.2 Å². The first-order valence-electron chi connectivity index (χ1n) is 5.00. The fraction of sp³-hybridized carbons (Fsp3) is 0.100. The molecule has 10 heteroatoms. The molecular weight excluding hydrogens is 279 g/mol. The molecule has 0 N–H and O–H groups in total. The van der Waals surface area contributed by atoms with Crippen LogP contribution < -0.4 is 0 Å². The first kappa shape index (κ1) is 13.5. The van der Waals surface area contributed by atoms with Crippen molar-refractivity contribution in [3.8, 4) is 11.8 Å². The maximum absolute atomic E-state index is 12.6. The Bertz CT molecular complexity index is 716. The Morgan fingerprint density at radius 3 is 2.65 bits per heavy atom. The minimum atomic E-state index is -4.75. The van der Waals surface area contributed by atoms with E-state index in [-0.39, 0.29) is 5.82 Å². The fourth-order valence-corrected chi connectivity index (χ4v) is 1.51. The summed E-state index contributed by atoms with van der Waals surface area (Å²) in [6.07, 6.45) is -1.95. The number of aromatic nitrogens is 3. The highest BCUT2D eigenvalue weighted by Gasteiger charge is 2.34. The summed E-state index contributed by atoms with van der Waals surface area (Å²) in [6.45, 7) is 0. The molecule has 0 aliphatic carbocycles. The molecule has 2 aromatic heterocycles. The number of rotatable bonds is 2. The van der Waals surface area contributed by atoms with Crippen LogP contribution in [0.5, 0.6) is 0 Å². The van der Waals surface area contributed by atoms with E-state index in [0.717, 1.165) is 17.0 Å². The van der Waals surface area contributed by atoms with Gasteiger partial charge in [0.1, 0.15) is 23.6 Å². The highest BCUT2D eigenvalue weighted by atomic mass is 19.4. The zero-order valence-corrected chi connectivity index (χ0v) is 9.50. The minimum Gasteiger partial charge on any atom is -0.285 e. The number of nitrogens with zero attached hydrogens (tertiary/aromatic N) is 5. The average molecular weight is 283 g/mol. The van der Waals surface area contributed by atoms with Crippen LogP contribution in [-0.2, 0) is 6.18 Å². The number of nitro groups is 1. The molecule has 0 aliphatic heterocycles. The third kappa shape index (κ3) is 2.28. The zero-order chi connectivity index (χ0) is 14.9. The second kappa shape index (κ2) is 4.61. The Kier molecular flexibility index (Phi) is 3.11. The number of alkyl halides is 3. The number of hydrogen-bond donors (Lipinski definition) is 0. The summed E-state index contributed by atoms with van der Waals surface area (Å²) >= 11 is 0. The maximum Gasteiger partial charge on any atom is 0.433 e. The lowest BCUT2D eigenvalue weighted by Crippen LogP contribution is -2.11. The Morgan fingerprint density at radius 1 is 1.40 bits per heavy atom. The van der Waals surface area contributed by atoms with Gasteiger partial charge in [-0.05, 0) is 0 Å². The number of nitriles is 1. The molecule has 0 unspecified atom stereocenters. The van der Waals surface area contributed by atoms with E-state index in [0.29, 0.717) is 12.3 Å². The molecule has 0 spiro atoms. The number of pyridine rings is 1. The van der Waals surface area contributed by atoms with Crippen LogP contribution in [-0.4, -0.2) is 19.5 Å². The van der Waals surface area contributed by atoms with Crippen LogP contribution in [0.25, 0.3) is 5.69 Å². The summed E-state index contributed by atoms with van der Waals surface area (Å²) in [5.74, 6) is -0.271. The standard InChI is InChI=1S/C10H4F3N5O2/c11-10(12,13)8-3-6(7(5-16-8)18(19)20)17-2-1-15-9(17)4-14/h1-3,5H. The van der Waals surface area contributed by atoms with Gasteiger partial charge in [0, 0.05) is 18.5 Å². The van der Waals surface area contributed by atoms with Crippen molar-refractivity contribution in [2.75, 3.05) is 0 Å².